The molecule has 2 atom stereocenters. The second-order valence-electron chi connectivity index (χ2n) is 8.11. The van der Waals surface area contributed by atoms with Crippen LogP contribution in [-0.4, -0.2) is 52.0 Å². The van der Waals surface area contributed by atoms with Gasteiger partial charge in [-0.25, -0.2) is 8.42 Å². The summed E-state index contributed by atoms with van der Waals surface area (Å²) < 4.78 is 40.0. The number of hydrogen-bond acceptors (Lipinski definition) is 6. The van der Waals surface area contributed by atoms with Crippen LogP contribution in [0.5, 0.6) is 0 Å². The van der Waals surface area contributed by atoms with E-state index in [1.807, 2.05) is 6.07 Å². The third-order valence-electron chi connectivity index (χ3n) is 6.01. The Balaban J connectivity index is 1.64. The number of carboxylic acid groups (broad SMARTS) is 1. The predicted molar refractivity (Wildman–Crippen MR) is 131 cm³/mol. The first-order chi connectivity index (χ1) is 16.2. The first-order valence-electron chi connectivity index (χ1n) is 10.5. The third-order valence-corrected chi connectivity index (χ3v) is 9.39. The van der Waals surface area contributed by atoms with Crippen molar-refractivity contribution < 1.29 is 27.8 Å². The molecule has 1 aromatic heterocycles. The standard InChI is InChI=1S/C24H24ClNO6S2/c1-31-13-14-32-16-23(18-5-3-2-4-6-18)15-24(23,22(27)28)26-34(29,30)21-12-11-20(33-21)17-7-9-19(25)10-8-17/h2-12,26H,13-16H2,1H3,(H,27,28). The van der Waals surface area contributed by atoms with Gasteiger partial charge in [-0.15, -0.1) is 11.3 Å². The van der Waals surface area contributed by atoms with E-state index in [9.17, 15) is 18.3 Å². The lowest BCUT2D eigenvalue weighted by atomic mass is 9.91. The van der Waals surface area contributed by atoms with Crippen molar-refractivity contribution in [2.75, 3.05) is 26.9 Å². The van der Waals surface area contributed by atoms with Crippen LogP contribution in [-0.2, 0) is 29.7 Å². The lowest BCUT2D eigenvalue weighted by Crippen LogP contribution is -2.50. The van der Waals surface area contributed by atoms with E-state index in [-0.39, 0.29) is 23.8 Å². The largest absolute Gasteiger partial charge is 0.480 e. The molecule has 2 unspecified atom stereocenters. The van der Waals surface area contributed by atoms with Crippen molar-refractivity contribution in [2.24, 2.45) is 0 Å². The average Bonchev–Trinajstić information content (AvgIpc) is 3.19. The summed E-state index contributed by atoms with van der Waals surface area (Å²) in [6.45, 7) is 0.651. The van der Waals surface area contributed by atoms with Gasteiger partial charge in [0.1, 0.15) is 9.75 Å². The summed E-state index contributed by atoms with van der Waals surface area (Å²) >= 11 is 7.01. The molecule has 1 heterocycles. The molecule has 0 spiro atoms. The number of thiophene rings is 1. The Morgan fingerprint density at radius 2 is 1.79 bits per heavy atom. The van der Waals surface area contributed by atoms with E-state index in [0.29, 0.717) is 17.2 Å². The number of hydrogen-bond donors (Lipinski definition) is 2. The Kier molecular flexibility index (Phi) is 7.14. The van der Waals surface area contributed by atoms with Gasteiger partial charge >= 0.3 is 5.97 Å². The lowest BCUT2D eigenvalue weighted by molar-refractivity contribution is -0.141. The zero-order valence-corrected chi connectivity index (χ0v) is 20.8. The molecule has 180 valence electrons. The zero-order valence-electron chi connectivity index (χ0n) is 18.4. The molecule has 0 radical (unpaired) electrons. The fraction of sp³-hybridized carbons (Fsp3) is 0.292. The van der Waals surface area contributed by atoms with Crippen molar-refractivity contribution in [1.29, 1.82) is 0 Å². The van der Waals surface area contributed by atoms with Crippen LogP contribution in [0.1, 0.15) is 12.0 Å². The van der Waals surface area contributed by atoms with E-state index >= 15 is 0 Å². The fourth-order valence-electron chi connectivity index (χ4n) is 4.13. The highest BCUT2D eigenvalue weighted by molar-refractivity contribution is 7.91. The highest BCUT2D eigenvalue weighted by Gasteiger charge is 2.75. The molecule has 7 nitrogen and oxygen atoms in total. The minimum Gasteiger partial charge on any atom is -0.480 e. The Bertz CT molecular complexity index is 1260. The van der Waals surface area contributed by atoms with Crippen LogP contribution >= 0.6 is 22.9 Å². The van der Waals surface area contributed by atoms with Crippen molar-refractivity contribution in [1.82, 2.24) is 4.72 Å². The van der Waals surface area contributed by atoms with Crippen LogP contribution in [0.15, 0.2) is 70.9 Å². The summed E-state index contributed by atoms with van der Waals surface area (Å²) in [5, 5.41) is 10.8. The van der Waals surface area contributed by atoms with Gasteiger partial charge in [0.15, 0.2) is 0 Å². The van der Waals surface area contributed by atoms with E-state index < -0.39 is 26.9 Å². The molecular weight excluding hydrogens is 498 g/mol. The van der Waals surface area contributed by atoms with Gasteiger partial charge in [-0.3, -0.25) is 4.79 Å². The quantitative estimate of drug-likeness (QED) is 0.367. The summed E-state index contributed by atoms with van der Waals surface area (Å²) in [5.74, 6) is -1.25. The molecule has 1 fully saturated rings. The number of methoxy groups -OCH3 is 1. The maximum Gasteiger partial charge on any atom is 0.325 e. The lowest BCUT2D eigenvalue weighted by Gasteiger charge is -2.24. The fourth-order valence-corrected chi connectivity index (χ4v) is 7.00. The van der Waals surface area contributed by atoms with Gasteiger partial charge in [0.05, 0.1) is 25.2 Å². The van der Waals surface area contributed by atoms with Gasteiger partial charge in [-0.05, 0) is 41.8 Å². The van der Waals surface area contributed by atoms with Gasteiger partial charge in [0, 0.05) is 17.0 Å². The first kappa shape index (κ1) is 24.8. The van der Waals surface area contributed by atoms with Gasteiger partial charge in [0.2, 0.25) is 0 Å². The van der Waals surface area contributed by atoms with E-state index in [4.69, 9.17) is 21.1 Å². The molecule has 10 heteroatoms. The number of halogens is 1. The monoisotopic (exact) mass is 521 g/mol. The minimum absolute atomic E-state index is 0.0345. The predicted octanol–water partition coefficient (Wildman–Crippen LogP) is 4.17. The average molecular weight is 522 g/mol. The molecule has 0 saturated heterocycles. The second-order valence-corrected chi connectivity index (χ2v) is 11.5. The summed E-state index contributed by atoms with van der Waals surface area (Å²) in [7, 11) is -2.58. The van der Waals surface area contributed by atoms with Crippen molar-refractivity contribution in [3.8, 4) is 10.4 Å². The van der Waals surface area contributed by atoms with Crippen LogP contribution in [0.25, 0.3) is 10.4 Å². The Labute approximate surface area is 207 Å². The van der Waals surface area contributed by atoms with Gasteiger partial charge < -0.3 is 14.6 Å². The summed E-state index contributed by atoms with van der Waals surface area (Å²) in [6, 6.07) is 19.2. The highest BCUT2D eigenvalue weighted by Crippen LogP contribution is 2.58. The van der Waals surface area contributed by atoms with E-state index in [1.165, 1.54) is 6.07 Å². The van der Waals surface area contributed by atoms with Crippen molar-refractivity contribution in [3.63, 3.8) is 0 Å². The SMILES string of the molecule is COCCOCC1(c2ccccc2)CC1(NS(=O)(=O)c1ccc(-c2ccc(Cl)cc2)s1)C(=O)O. The number of nitrogens with one attached hydrogen (secondary N) is 1. The molecule has 0 bridgehead atoms. The topological polar surface area (TPSA) is 102 Å². The molecule has 1 aliphatic carbocycles. The number of rotatable bonds is 11. The Hall–Kier alpha value is -2.27. The van der Waals surface area contributed by atoms with Crippen molar-refractivity contribution in [3.05, 3.63) is 77.3 Å². The van der Waals surface area contributed by atoms with Crippen LogP contribution in [0.4, 0.5) is 0 Å². The maximum absolute atomic E-state index is 13.3. The number of ether oxygens (including phenoxy) is 2. The van der Waals surface area contributed by atoms with Crippen LogP contribution in [0.2, 0.25) is 5.02 Å². The number of carbonyl (C=O) groups is 1. The molecule has 1 saturated carbocycles. The van der Waals surface area contributed by atoms with Crippen LogP contribution < -0.4 is 4.72 Å². The van der Waals surface area contributed by atoms with Crippen molar-refractivity contribution in [2.45, 2.75) is 21.6 Å². The van der Waals surface area contributed by atoms with Gasteiger partial charge in [-0.1, -0.05) is 54.1 Å². The molecule has 3 aromatic rings. The van der Waals surface area contributed by atoms with E-state index in [0.717, 1.165) is 21.8 Å². The summed E-state index contributed by atoms with van der Waals surface area (Å²) in [4.78, 5) is 13.2. The van der Waals surface area contributed by atoms with Crippen molar-refractivity contribution >= 4 is 38.9 Å². The molecule has 2 N–H and O–H groups in total. The van der Waals surface area contributed by atoms with Gasteiger partial charge in [0.25, 0.3) is 10.0 Å². The summed E-state index contributed by atoms with van der Waals surface area (Å²) in [5.41, 5.74) is -1.26. The molecule has 1 aliphatic rings. The maximum atomic E-state index is 13.3. The molecule has 4 rings (SSSR count). The Morgan fingerprint density at radius 1 is 1.09 bits per heavy atom. The van der Waals surface area contributed by atoms with E-state index in [1.54, 1.807) is 61.7 Å². The molecular formula is C24H24ClNO6S2. The highest BCUT2D eigenvalue weighted by atomic mass is 35.5. The smallest absolute Gasteiger partial charge is 0.325 e. The normalized spacial score (nSPS) is 21.9. The van der Waals surface area contributed by atoms with Crippen LogP contribution in [0.3, 0.4) is 0 Å². The second kappa shape index (κ2) is 9.77. The number of sulfonamides is 1. The minimum atomic E-state index is -4.13. The molecule has 34 heavy (non-hydrogen) atoms. The number of benzene rings is 2. The summed E-state index contributed by atoms with van der Waals surface area (Å²) in [6.07, 6.45) is 0.0704. The number of carboxylic acids is 1. The number of aliphatic carboxylic acids is 1. The third kappa shape index (κ3) is 4.64. The van der Waals surface area contributed by atoms with E-state index in [2.05, 4.69) is 4.72 Å². The first-order valence-corrected chi connectivity index (χ1v) is 13.2. The van der Waals surface area contributed by atoms with Gasteiger partial charge in [-0.2, -0.15) is 4.72 Å². The molecule has 2 aromatic carbocycles. The molecule has 0 aliphatic heterocycles. The Morgan fingerprint density at radius 3 is 2.44 bits per heavy atom. The molecule has 0 amide bonds. The zero-order chi connectivity index (χ0) is 24.4. The van der Waals surface area contributed by atoms with Crippen LogP contribution in [0, 0.1) is 0 Å².